The molecule has 0 aliphatic carbocycles. The van der Waals surface area contributed by atoms with E-state index in [1.54, 1.807) is 14.2 Å². The van der Waals surface area contributed by atoms with Gasteiger partial charge in [-0.3, -0.25) is 14.4 Å². The van der Waals surface area contributed by atoms with E-state index < -0.39 is 5.97 Å². The molecule has 0 saturated carbocycles. The monoisotopic (exact) mass is 401 g/mol. The van der Waals surface area contributed by atoms with Crippen LogP contribution in [0.25, 0.3) is 0 Å². The standard InChI is InChI=1S/C7H13NO3.C5H8O3.C3H8O.C2H6.ClH/c1-8(10-2)7(9)6-3-4-11-5-6;6-5(7)4-1-2-8-3-4;1-3-4-2;1-2;/h6H,3-5H2,1-2H3;4H,1-3H2,(H,6,7);3H2,1-2H3;1-2H3;1H. The minimum Gasteiger partial charge on any atom is -0.481 e. The van der Waals surface area contributed by atoms with Crippen LogP contribution in [-0.2, 0) is 28.6 Å². The number of ether oxygens (including phenoxy) is 3. The molecule has 0 spiro atoms. The van der Waals surface area contributed by atoms with Crippen molar-refractivity contribution in [3.8, 4) is 0 Å². The molecule has 0 aromatic carbocycles. The van der Waals surface area contributed by atoms with E-state index in [2.05, 4.69) is 4.74 Å². The van der Waals surface area contributed by atoms with Crippen molar-refractivity contribution in [2.24, 2.45) is 11.8 Å². The van der Waals surface area contributed by atoms with Crippen molar-refractivity contribution in [2.45, 2.75) is 33.6 Å². The minimum atomic E-state index is -0.734. The van der Waals surface area contributed by atoms with Gasteiger partial charge in [0, 0.05) is 34.0 Å². The predicted octanol–water partition coefficient (Wildman–Crippen LogP) is 2.25. The zero-order chi connectivity index (χ0) is 19.7. The van der Waals surface area contributed by atoms with Crippen molar-refractivity contribution >= 4 is 24.3 Å². The number of aliphatic carboxylic acids is 1. The Bertz CT molecular complexity index is 331. The van der Waals surface area contributed by atoms with Crippen molar-refractivity contribution in [3.63, 3.8) is 0 Å². The average Bonchev–Trinajstić information content (AvgIpc) is 3.36. The van der Waals surface area contributed by atoms with Crippen LogP contribution < -0.4 is 0 Å². The van der Waals surface area contributed by atoms with Crippen LogP contribution in [0.1, 0.15) is 33.6 Å². The Morgan fingerprint density at radius 3 is 1.73 bits per heavy atom. The maximum Gasteiger partial charge on any atom is 0.308 e. The third-order valence-corrected chi connectivity index (χ3v) is 3.43. The van der Waals surface area contributed by atoms with Gasteiger partial charge in [0.1, 0.15) is 0 Å². The lowest BCUT2D eigenvalue weighted by Crippen LogP contribution is -2.32. The Labute approximate surface area is 163 Å². The number of carboxylic acids is 1. The van der Waals surface area contributed by atoms with Crippen LogP contribution in [0.5, 0.6) is 0 Å². The van der Waals surface area contributed by atoms with Crippen molar-refractivity contribution in [1.29, 1.82) is 0 Å². The maximum absolute atomic E-state index is 11.3. The molecule has 0 aromatic heterocycles. The molecule has 26 heavy (non-hydrogen) atoms. The zero-order valence-electron chi connectivity index (χ0n) is 16.9. The summed E-state index contributed by atoms with van der Waals surface area (Å²) in [6, 6.07) is 0. The first-order chi connectivity index (χ1) is 12.0. The summed E-state index contributed by atoms with van der Waals surface area (Å²) in [6.45, 7) is 9.01. The van der Waals surface area contributed by atoms with Gasteiger partial charge in [0.05, 0.1) is 32.2 Å². The molecule has 2 unspecified atom stereocenters. The number of carbonyl (C=O) groups is 2. The molecule has 2 aliphatic rings. The number of hydrogen-bond acceptors (Lipinski definition) is 6. The van der Waals surface area contributed by atoms with Crippen molar-refractivity contribution in [1.82, 2.24) is 5.06 Å². The Morgan fingerprint density at radius 2 is 1.50 bits per heavy atom. The molecule has 2 fully saturated rings. The molecule has 1 N–H and O–H groups in total. The summed E-state index contributed by atoms with van der Waals surface area (Å²) in [5, 5.41) is 9.58. The van der Waals surface area contributed by atoms with Crippen LogP contribution in [0, 0.1) is 11.8 Å². The second-order valence-corrected chi connectivity index (χ2v) is 5.05. The highest BCUT2D eigenvalue weighted by Crippen LogP contribution is 2.14. The Hall–Kier alpha value is -0.930. The molecule has 8 nitrogen and oxygen atoms in total. The van der Waals surface area contributed by atoms with E-state index in [-0.39, 0.29) is 30.2 Å². The van der Waals surface area contributed by atoms with Crippen LogP contribution in [0.4, 0.5) is 0 Å². The van der Waals surface area contributed by atoms with Crippen molar-refractivity contribution in [3.05, 3.63) is 0 Å². The molecule has 0 bridgehead atoms. The summed E-state index contributed by atoms with van der Waals surface area (Å²) in [4.78, 5) is 26.2. The molecule has 9 heteroatoms. The first-order valence-corrected chi connectivity index (χ1v) is 8.66. The number of nitrogens with zero attached hydrogens (tertiary/aromatic N) is 1. The third-order valence-electron chi connectivity index (χ3n) is 3.43. The highest BCUT2D eigenvalue weighted by molar-refractivity contribution is 5.85. The van der Waals surface area contributed by atoms with Gasteiger partial charge in [-0.2, -0.15) is 0 Å². The molecule has 2 rings (SSSR count). The van der Waals surface area contributed by atoms with Gasteiger partial charge in [-0.05, 0) is 19.8 Å². The summed E-state index contributed by atoms with van der Waals surface area (Å²) < 4.78 is 14.4. The number of hydroxylamine groups is 2. The lowest BCUT2D eigenvalue weighted by atomic mass is 10.1. The van der Waals surface area contributed by atoms with Gasteiger partial charge < -0.3 is 19.3 Å². The number of hydrogen-bond donors (Lipinski definition) is 1. The van der Waals surface area contributed by atoms with E-state index in [0.29, 0.717) is 32.8 Å². The van der Waals surface area contributed by atoms with Crippen LogP contribution in [0.2, 0.25) is 0 Å². The van der Waals surface area contributed by atoms with Crippen molar-refractivity contribution in [2.75, 3.05) is 54.3 Å². The number of amides is 1. The summed E-state index contributed by atoms with van der Waals surface area (Å²) in [5.74, 6) is -0.970. The Morgan fingerprint density at radius 1 is 1.08 bits per heavy atom. The molecular weight excluding hydrogens is 366 g/mol. The quantitative estimate of drug-likeness (QED) is 0.722. The fraction of sp³-hybridized carbons (Fsp3) is 0.882. The predicted molar refractivity (Wildman–Crippen MR) is 101 cm³/mol. The molecule has 2 atom stereocenters. The fourth-order valence-electron chi connectivity index (χ4n) is 1.81. The molecule has 2 heterocycles. The van der Waals surface area contributed by atoms with Crippen LogP contribution in [0.3, 0.4) is 0 Å². The second-order valence-electron chi connectivity index (χ2n) is 5.05. The SMILES string of the molecule is CC.CCOC.CON(C)C(=O)C1CCOC1.Cl.O=C(O)C1CCOC1. The first-order valence-electron chi connectivity index (χ1n) is 8.66. The smallest absolute Gasteiger partial charge is 0.308 e. The fourth-order valence-corrected chi connectivity index (χ4v) is 1.81. The van der Waals surface area contributed by atoms with Crippen molar-refractivity contribution < 1.29 is 33.7 Å². The van der Waals surface area contributed by atoms with Crippen LogP contribution >= 0.6 is 12.4 Å². The number of rotatable bonds is 4. The van der Waals surface area contributed by atoms with Gasteiger partial charge >= 0.3 is 5.97 Å². The van der Waals surface area contributed by atoms with E-state index in [4.69, 9.17) is 19.4 Å². The minimum absolute atomic E-state index is 0. The summed E-state index contributed by atoms with van der Waals surface area (Å²) in [5.41, 5.74) is 0. The largest absolute Gasteiger partial charge is 0.481 e. The van der Waals surface area contributed by atoms with E-state index in [1.165, 1.54) is 12.2 Å². The Balaban J connectivity index is -0.000000312. The second kappa shape index (κ2) is 20.4. The average molecular weight is 402 g/mol. The normalized spacial score (nSPS) is 20.1. The van der Waals surface area contributed by atoms with Gasteiger partial charge in [-0.25, -0.2) is 5.06 Å². The van der Waals surface area contributed by atoms with Gasteiger partial charge in [0.2, 0.25) is 0 Å². The number of halogens is 1. The zero-order valence-corrected chi connectivity index (χ0v) is 17.7. The first kappa shape index (κ1) is 29.8. The highest BCUT2D eigenvalue weighted by atomic mass is 35.5. The molecule has 0 radical (unpaired) electrons. The number of methoxy groups -OCH3 is 1. The highest BCUT2D eigenvalue weighted by Gasteiger charge is 2.26. The van der Waals surface area contributed by atoms with E-state index in [0.717, 1.165) is 13.0 Å². The van der Waals surface area contributed by atoms with Gasteiger partial charge in [0.25, 0.3) is 5.91 Å². The van der Waals surface area contributed by atoms with Gasteiger partial charge in [-0.15, -0.1) is 12.4 Å². The Kier molecular flexibility index (Phi) is 23.4. The summed E-state index contributed by atoms with van der Waals surface area (Å²) >= 11 is 0. The number of carboxylic acid groups (broad SMARTS) is 1. The van der Waals surface area contributed by atoms with Gasteiger partial charge in [-0.1, -0.05) is 13.8 Å². The molecule has 2 saturated heterocycles. The van der Waals surface area contributed by atoms with E-state index in [1.807, 2.05) is 20.8 Å². The number of carbonyl (C=O) groups excluding carboxylic acids is 1. The molecular formula is C17H36ClNO7. The van der Waals surface area contributed by atoms with Crippen LogP contribution in [-0.4, -0.2) is 76.3 Å². The third kappa shape index (κ3) is 14.3. The molecule has 1 amide bonds. The lowest BCUT2D eigenvalue weighted by molar-refractivity contribution is -0.173. The lowest BCUT2D eigenvalue weighted by Gasteiger charge is -2.16. The van der Waals surface area contributed by atoms with E-state index in [9.17, 15) is 9.59 Å². The molecule has 2 aliphatic heterocycles. The van der Waals surface area contributed by atoms with Gasteiger partial charge in [0.15, 0.2) is 0 Å². The maximum atomic E-state index is 11.3. The summed E-state index contributed by atoms with van der Waals surface area (Å²) in [7, 11) is 4.77. The van der Waals surface area contributed by atoms with E-state index >= 15 is 0 Å². The summed E-state index contributed by atoms with van der Waals surface area (Å²) in [6.07, 6.45) is 1.49. The molecule has 0 aromatic rings. The molecule has 158 valence electrons. The topological polar surface area (TPSA) is 94.5 Å². The van der Waals surface area contributed by atoms with Crippen LogP contribution in [0.15, 0.2) is 0 Å².